The predicted molar refractivity (Wildman–Crippen MR) is 81.7 cm³/mol. The number of anilines is 2. The zero-order valence-corrected chi connectivity index (χ0v) is 11.6. The molecule has 3 rings (SSSR count). The average molecular weight is 280 g/mol. The van der Waals surface area contributed by atoms with E-state index in [9.17, 15) is 5.26 Å². The lowest BCUT2D eigenvalue weighted by Crippen LogP contribution is -2.44. The summed E-state index contributed by atoms with van der Waals surface area (Å²) in [5, 5.41) is 12.6. The molecule has 2 aromatic rings. The maximum Gasteiger partial charge on any atom is 0.228 e. The number of aromatic nitrogens is 2. The van der Waals surface area contributed by atoms with E-state index in [0.717, 1.165) is 31.7 Å². The Morgan fingerprint density at radius 2 is 1.86 bits per heavy atom. The first-order valence-electron chi connectivity index (χ1n) is 6.88. The van der Waals surface area contributed by atoms with Gasteiger partial charge in [-0.1, -0.05) is 30.3 Å². The van der Waals surface area contributed by atoms with E-state index in [-0.39, 0.29) is 5.82 Å². The van der Waals surface area contributed by atoms with Gasteiger partial charge in [0.1, 0.15) is 17.5 Å². The van der Waals surface area contributed by atoms with Crippen LogP contribution in [0.3, 0.4) is 0 Å². The number of nitriles is 1. The normalized spacial score (nSPS) is 14.7. The molecule has 3 N–H and O–H groups in total. The summed E-state index contributed by atoms with van der Waals surface area (Å²) in [5.74, 6) is 0.826. The maximum absolute atomic E-state index is 9.33. The van der Waals surface area contributed by atoms with Crippen molar-refractivity contribution in [3.05, 3.63) is 35.9 Å². The van der Waals surface area contributed by atoms with Crippen molar-refractivity contribution in [2.45, 2.75) is 0 Å². The van der Waals surface area contributed by atoms with Crippen LogP contribution in [-0.2, 0) is 0 Å². The Labute approximate surface area is 123 Å². The number of piperazine rings is 1. The highest BCUT2D eigenvalue weighted by Crippen LogP contribution is 2.26. The van der Waals surface area contributed by atoms with Crippen LogP contribution in [0, 0.1) is 11.3 Å². The lowest BCUT2D eigenvalue weighted by atomic mass is 10.1. The van der Waals surface area contributed by atoms with Crippen LogP contribution in [0.25, 0.3) is 11.3 Å². The average Bonchev–Trinajstić information content (AvgIpc) is 2.55. The Bertz CT molecular complexity index is 671. The molecule has 0 amide bonds. The van der Waals surface area contributed by atoms with Crippen molar-refractivity contribution in [3.8, 4) is 17.3 Å². The molecule has 0 spiro atoms. The molecule has 1 aromatic carbocycles. The van der Waals surface area contributed by atoms with E-state index < -0.39 is 0 Å². The molecule has 1 aliphatic heterocycles. The molecule has 1 fully saturated rings. The maximum atomic E-state index is 9.33. The number of hydrogen-bond acceptors (Lipinski definition) is 6. The molecule has 2 heterocycles. The number of nitrogens with one attached hydrogen (secondary N) is 1. The van der Waals surface area contributed by atoms with Crippen molar-refractivity contribution < 1.29 is 0 Å². The first kappa shape index (κ1) is 13.3. The molecular formula is C15H16N6. The van der Waals surface area contributed by atoms with Crippen LogP contribution in [0.1, 0.15) is 5.56 Å². The van der Waals surface area contributed by atoms with E-state index in [1.54, 1.807) is 0 Å². The van der Waals surface area contributed by atoms with Gasteiger partial charge in [-0.2, -0.15) is 10.2 Å². The van der Waals surface area contributed by atoms with Gasteiger partial charge < -0.3 is 16.0 Å². The molecule has 0 bridgehead atoms. The molecule has 0 aliphatic carbocycles. The third-order valence-corrected chi connectivity index (χ3v) is 3.48. The van der Waals surface area contributed by atoms with Gasteiger partial charge in [0, 0.05) is 31.7 Å². The number of hydrogen-bond donors (Lipinski definition) is 2. The van der Waals surface area contributed by atoms with Gasteiger partial charge in [0.2, 0.25) is 5.95 Å². The van der Waals surface area contributed by atoms with Crippen LogP contribution >= 0.6 is 0 Å². The minimum atomic E-state index is 0.236. The van der Waals surface area contributed by atoms with Crippen LogP contribution in [0.5, 0.6) is 0 Å². The number of nitrogens with two attached hydrogens (primary N) is 1. The smallest absolute Gasteiger partial charge is 0.228 e. The van der Waals surface area contributed by atoms with E-state index in [1.165, 1.54) is 0 Å². The van der Waals surface area contributed by atoms with Gasteiger partial charge >= 0.3 is 0 Å². The number of nitrogens with zero attached hydrogens (tertiary/aromatic N) is 4. The summed E-state index contributed by atoms with van der Waals surface area (Å²) in [6.07, 6.45) is 0. The fourth-order valence-corrected chi connectivity index (χ4v) is 2.39. The highest BCUT2D eigenvalue weighted by atomic mass is 15.3. The number of rotatable bonds is 2. The van der Waals surface area contributed by atoms with Crippen LogP contribution in [0.4, 0.5) is 11.8 Å². The molecule has 1 aromatic heterocycles. The SMILES string of the molecule is N#Cc1c(N)nc(N2CCNCC2)nc1-c1ccccc1. The zero-order chi connectivity index (χ0) is 14.7. The minimum Gasteiger partial charge on any atom is -0.382 e. The van der Waals surface area contributed by atoms with Gasteiger partial charge in [0.05, 0.1) is 5.69 Å². The third kappa shape index (κ3) is 2.64. The van der Waals surface area contributed by atoms with Gasteiger partial charge in [-0.05, 0) is 0 Å². The quantitative estimate of drug-likeness (QED) is 0.853. The van der Waals surface area contributed by atoms with Gasteiger partial charge in [-0.3, -0.25) is 0 Å². The summed E-state index contributed by atoms with van der Waals surface area (Å²) in [4.78, 5) is 11.0. The first-order valence-corrected chi connectivity index (χ1v) is 6.88. The summed E-state index contributed by atoms with van der Waals surface area (Å²) in [5.41, 5.74) is 7.77. The van der Waals surface area contributed by atoms with Crippen LogP contribution < -0.4 is 16.0 Å². The molecule has 6 nitrogen and oxygen atoms in total. The van der Waals surface area contributed by atoms with Crippen LogP contribution in [0.15, 0.2) is 30.3 Å². The molecule has 0 atom stereocenters. The van der Waals surface area contributed by atoms with Crippen molar-refractivity contribution in [2.75, 3.05) is 36.8 Å². The first-order chi connectivity index (χ1) is 10.3. The second-order valence-electron chi connectivity index (χ2n) is 4.85. The monoisotopic (exact) mass is 280 g/mol. The van der Waals surface area contributed by atoms with Gasteiger partial charge in [-0.15, -0.1) is 0 Å². The molecule has 106 valence electrons. The van der Waals surface area contributed by atoms with Crippen LogP contribution in [-0.4, -0.2) is 36.1 Å². The van der Waals surface area contributed by atoms with Crippen molar-refractivity contribution in [1.82, 2.24) is 15.3 Å². The Morgan fingerprint density at radius 3 is 2.52 bits per heavy atom. The van der Waals surface area contributed by atoms with Crippen molar-refractivity contribution in [3.63, 3.8) is 0 Å². The van der Waals surface area contributed by atoms with E-state index >= 15 is 0 Å². The molecule has 0 saturated carbocycles. The zero-order valence-electron chi connectivity index (χ0n) is 11.6. The Morgan fingerprint density at radius 1 is 1.14 bits per heavy atom. The highest BCUT2D eigenvalue weighted by molar-refractivity contribution is 5.73. The standard InChI is InChI=1S/C15H16N6/c16-10-12-13(11-4-2-1-3-5-11)19-15(20-14(12)17)21-8-6-18-7-9-21/h1-5,18H,6-9H2,(H2,17,19,20). The summed E-state index contributed by atoms with van der Waals surface area (Å²) in [7, 11) is 0. The van der Waals surface area contributed by atoms with Crippen LogP contribution in [0.2, 0.25) is 0 Å². The van der Waals surface area contributed by atoms with Crippen molar-refractivity contribution in [1.29, 1.82) is 5.26 Å². The fraction of sp³-hybridized carbons (Fsp3) is 0.267. The molecule has 1 aliphatic rings. The van der Waals surface area contributed by atoms with E-state index in [2.05, 4.69) is 26.3 Å². The Hall–Kier alpha value is -2.65. The summed E-state index contributed by atoms with van der Waals surface area (Å²) < 4.78 is 0. The van der Waals surface area contributed by atoms with Gasteiger partial charge in [0.25, 0.3) is 0 Å². The molecule has 0 unspecified atom stereocenters. The minimum absolute atomic E-state index is 0.236. The second kappa shape index (κ2) is 5.77. The van der Waals surface area contributed by atoms with E-state index in [4.69, 9.17) is 5.73 Å². The predicted octanol–water partition coefficient (Wildman–Crippen LogP) is 1.01. The van der Waals surface area contributed by atoms with E-state index in [0.29, 0.717) is 17.2 Å². The number of nitrogen functional groups attached to an aromatic ring is 1. The summed E-state index contributed by atoms with van der Waals surface area (Å²) in [6, 6.07) is 11.7. The van der Waals surface area contributed by atoms with Crippen molar-refractivity contribution >= 4 is 11.8 Å². The highest BCUT2D eigenvalue weighted by Gasteiger charge is 2.19. The number of benzene rings is 1. The molecular weight excluding hydrogens is 264 g/mol. The molecule has 1 saturated heterocycles. The second-order valence-corrected chi connectivity index (χ2v) is 4.85. The largest absolute Gasteiger partial charge is 0.382 e. The van der Waals surface area contributed by atoms with Gasteiger partial charge in [-0.25, -0.2) is 4.98 Å². The van der Waals surface area contributed by atoms with Gasteiger partial charge in [0.15, 0.2) is 0 Å². The lowest BCUT2D eigenvalue weighted by Gasteiger charge is -2.28. The van der Waals surface area contributed by atoms with E-state index in [1.807, 2.05) is 30.3 Å². The molecule has 21 heavy (non-hydrogen) atoms. The topological polar surface area (TPSA) is 90.9 Å². The molecule has 6 heteroatoms. The summed E-state index contributed by atoms with van der Waals surface area (Å²) in [6.45, 7) is 3.45. The van der Waals surface area contributed by atoms with Crippen molar-refractivity contribution in [2.24, 2.45) is 0 Å². The summed E-state index contributed by atoms with van der Waals surface area (Å²) >= 11 is 0. The Kier molecular flexibility index (Phi) is 3.67. The fourth-order valence-electron chi connectivity index (χ4n) is 2.39. The lowest BCUT2D eigenvalue weighted by molar-refractivity contribution is 0.580. The Balaban J connectivity index is 2.09. The third-order valence-electron chi connectivity index (χ3n) is 3.48. The molecule has 0 radical (unpaired) electrons.